The van der Waals surface area contributed by atoms with Crippen LogP contribution in [0.1, 0.15) is 5.69 Å². The highest BCUT2D eigenvalue weighted by Crippen LogP contribution is 2.32. The van der Waals surface area contributed by atoms with Crippen molar-refractivity contribution in [1.82, 2.24) is 14.9 Å². The smallest absolute Gasteiger partial charge is 0.433 e. The minimum atomic E-state index is -4.52. The van der Waals surface area contributed by atoms with Gasteiger partial charge in [0.2, 0.25) is 6.10 Å². The average molecular weight is 394 g/mol. The monoisotopic (exact) mass is 394 g/mol. The lowest BCUT2D eigenvalue weighted by Gasteiger charge is -2.37. The number of fused-ring (bicyclic) bond motifs is 1. The molecule has 2 aliphatic rings. The van der Waals surface area contributed by atoms with E-state index in [1.165, 1.54) is 0 Å². The fraction of sp³-hybridized carbons (Fsp3) is 0.389. The SMILES string of the molecule is O=C([C@H]1COc2ccccc2O1)N1CCN(c2cc(C(F)(F)F)ncn2)CC1. The van der Waals surface area contributed by atoms with Gasteiger partial charge in [-0.15, -0.1) is 0 Å². The number of amides is 1. The number of carbonyl (C=O) groups is 1. The molecule has 1 amide bonds. The summed E-state index contributed by atoms with van der Waals surface area (Å²) in [6, 6.07) is 8.05. The third kappa shape index (κ3) is 3.67. The number of nitrogens with zero attached hydrogens (tertiary/aromatic N) is 4. The molecule has 4 rings (SSSR count). The summed E-state index contributed by atoms with van der Waals surface area (Å²) in [4.78, 5) is 23.3. The zero-order chi connectivity index (χ0) is 19.7. The molecule has 10 heteroatoms. The fourth-order valence-electron chi connectivity index (χ4n) is 3.18. The van der Waals surface area contributed by atoms with Gasteiger partial charge < -0.3 is 19.3 Å². The number of aromatic nitrogens is 2. The van der Waals surface area contributed by atoms with Crippen molar-refractivity contribution in [3.63, 3.8) is 0 Å². The van der Waals surface area contributed by atoms with E-state index in [0.29, 0.717) is 37.7 Å². The number of hydrogen-bond acceptors (Lipinski definition) is 6. The molecule has 1 fully saturated rings. The van der Waals surface area contributed by atoms with Crippen molar-refractivity contribution in [1.29, 1.82) is 0 Å². The Bertz CT molecular complexity index is 869. The molecule has 28 heavy (non-hydrogen) atoms. The zero-order valence-electron chi connectivity index (χ0n) is 14.7. The van der Waals surface area contributed by atoms with Crippen LogP contribution in [-0.2, 0) is 11.0 Å². The molecular weight excluding hydrogens is 377 g/mol. The molecule has 0 unspecified atom stereocenters. The number of hydrogen-bond donors (Lipinski definition) is 0. The predicted molar refractivity (Wildman–Crippen MR) is 92.2 cm³/mol. The number of rotatable bonds is 2. The van der Waals surface area contributed by atoms with E-state index in [-0.39, 0.29) is 18.3 Å². The fourth-order valence-corrected chi connectivity index (χ4v) is 3.18. The number of para-hydroxylation sites is 2. The van der Waals surface area contributed by atoms with Crippen LogP contribution in [0.15, 0.2) is 36.7 Å². The first-order chi connectivity index (χ1) is 13.4. The standard InChI is InChI=1S/C18H17F3N4O3/c19-18(20,21)15-9-16(23-11-22-15)24-5-7-25(8-6-24)17(26)14-10-27-12-3-1-2-4-13(12)28-14/h1-4,9,11,14H,5-8,10H2/t14-/m1/s1. The molecule has 1 aromatic heterocycles. The van der Waals surface area contributed by atoms with E-state index in [2.05, 4.69) is 9.97 Å². The number of anilines is 1. The second kappa shape index (κ2) is 7.17. The molecule has 0 N–H and O–H groups in total. The molecule has 2 aliphatic heterocycles. The van der Waals surface area contributed by atoms with E-state index in [9.17, 15) is 18.0 Å². The van der Waals surface area contributed by atoms with E-state index in [1.54, 1.807) is 28.0 Å². The Morgan fingerprint density at radius 2 is 1.79 bits per heavy atom. The Kier molecular flexibility index (Phi) is 4.70. The van der Waals surface area contributed by atoms with Gasteiger partial charge in [0.25, 0.3) is 5.91 Å². The highest BCUT2D eigenvalue weighted by Gasteiger charge is 2.35. The van der Waals surface area contributed by atoms with Crippen molar-refractivity contribution in [3.05, 3.63) is 42.4 Å². The van der Waals surface area contributed by atoms with Crippen LogP contribution in [0.25, 0.3) is 0 Å². The van der Waals surface area contributed by atoms with Crippen molar-refractivity contribution < 1.29 is 27.4 Å². The number of piperazine rings is 1. The van der Waals surface area contributed by atoms with Crippen LogP contribution in [0.3, 0.4) is 0 Å². The molecular formula is C18H17F3N4O3. The Labute approximate surface area is 158 Å². The molecule has 1 atom stereocenters. The van der Waals surface area contributed by atoms with Crippen molar-refractivity contribution in [2.45, 2.75) is 12.3 Å². The van der Waals surface area contributed by atoms with Crippen molar-refractivity contribution in [2.75, 3.05) is 37.7 Å². The van der Waals surface area contributed by atoms with Crippen LogP contribution in [0.5, 0.6) is 11.5 Å². The average Bonchev–Trinajstić information content (AvgIpc) is 2.72. The topological polar surface area (TPSA) is 67.8 Å². The van der Waals surface area contributed by atoms with Gasteiger partial charge in [0, 0.05) is 32.2 Å². The molecule has 3 heterocycles. The zero-order valence-corrected chi connectivity index (χ0v) is 14.7. The van der Waals surface area contributed by atoms with E-state index >= 15 is 0 Å². The molecule has 2 aromatic rings. The normalized spacial score (nSPS) is 19.5. The lowest BCUT2D eigenvalue weighted by Crippen LogP contribution is -2.54. The van der Waals surface area contributed by atoms with E-state index in [0.717, 1.165) is 12.4 Å². The Morgan fingerprint density at radius 3 is 2.50 bits per heavy atom. The molecule has 0 radical (unpaired) electrons. The van der Waals surface area contributed by atoms with Crippen LogP contribution in [0, 0.1) is 0 Å². The van der Waals surface area contributed by atoms with Gasteiger partial charge in [0.15, 0.2) is 11.5 Å². The number of ether oxygens (including phenoxy) is 2. The Hall–Kier alpha value is -3.04. The summed E-state index contributed by atoms with van der Waals surface area (Å²) in [7, 11) is 0. The van der Waals surface area contributed by atoms with Crippen LogP contribution in [0.4, 0.5) is 19.0 Å². The molecule has 1 saturated heterocycles. The highest BCUT2D eigenvalue weighted by atomic mass is 19.4. The van der Waals surface area contributed by atoms with Crippen LogP contribution in [0.2, 0.25) is 0 Å². The largest absolute Gasteiger partial charge is 0.485 e. The van der Waals surface area contributed by atoms with Gasteiger partial charge in [-0.2, -0.15) is 13.2 Å². The summed E-state index contributed by atoms with van der Waals surface area (Å²) in [5.41, 5.74) is -0.984. The molecule has 0 aliphatic carbocycles. The second-order valence-corrected chi connectivity index (χ2v) is 6.44. The quantitative estimate of drug-likeness (QED) is 0.776. The number of halogens is 3. The van der Waals surface area contributed by atoms with Gasteiger partial charge >= 0.3 is 6.18 Å². The summed E-state index contributed by atoms with van der Waals surface area (Å²) >= 11 is 0. The Morgan fingerprint density at radius 1 is 1.07 bits per heavy atom. The number of carbonyl (C=O) groups excluding carboxylic acids is 1. The van der Waals surface area contributed by atoms with Crippen LogP contribution in [-0.4, -0.2) is 59.7 Å². The lowest BCUT2D eigenvalue weighted by atomic mass is 10.2. The first kappa shape index (κ1) is 18.3. The minimum Gasteiger partial charge on any atom is -0.485 e. The maximum atomic E-state index is 12.8. The van der Waals surface area contributed by atoms with Gasteiger partial charge in [-0.1, -0.05) is 12.1 Å². The third-order valence-electron chi connectivity index (χ3n) is 4.64. The molecule has 0 saturated carbocycles. The van der Waals surface area contributed by atoms with Crippen molar-refractivity contribution in [2.24, 2.45) is 0 Å². The second-order valence-electron chi connectivity index (χ2n) is 6.44. The predicted octanol–water partition coefficient (Wildman–Crippen LogP) is 1.98. The van der Waals surface area contributed by atoms with Gasteiger partial charge in [-0.3, -0.25) is 4.79 Å². The van der Waals surface area contributed by atoms with Gasteiger partial charge in [0.05, 0.1) is 0 Å². The van der Waals surface area contributed by atoms with Crippen molar-refractivity contribution >= 4 is 11.7 Å². The number of alkyl halides is 3. The first-order valence-corrected chi connectivity index (χ1v) is 8.73. The molecule has 148 valence electrons. The number of benzene rings is 1. The van der Waals surface area contributed by atoms with E-state index in [4.69, 9.17) is 9.47 Å². The maximum Gasteiger partial charge on any atom is 0.433 e. The summed E-state index contributed by atoms with van der Waals surface area (Å²) in [6.45, 7) is 1.56. The van der Waals surface area contributed by atoms with E-state index < -0.39 is 18.0 Å². The summed E-state index contributed by atoms with van der Waals surface area (Å²) in [5, 5.41) is 0. The Balaban J connectivity index is 1.38. The van der Waals surface area contributed by atoms with Gasteiger partial charge in [-0.25, -0.2) is 9.97 Å². The van der Waals surface area contributed by atoms with Crippen molar-refractivity contribution in [3.8, 4) is 11.5 Å². The van der Waals surface area contributed by atoms with Gasteiger partial charge in [0.1, 0.15) is 24.4 Å². The summed E-state index contributed by atoms with van der Waals surface area (Å²) < 4.78 is 49.8. The first-order valence-electron chi connectivity index (χ1n) is 8.73. The van der Waals surface area contributed by atoms with Crippen LogP contribution < -0.4 is 14.4 Å². The maximum absolute atomic E-state index is 12.8. The minimum absolute atomic E-state index is 0.122. The molecule has 0 bridgehead atoms. The summed E-state index contributed by atoms with van der Waals surface area (Å²) in [5.74, 6) is 1.11. The molecule has 1 aromatic carbocycles. The lowest BCUT2D eigenvalue weighted by molar-refractivity contribution is -0.141. The molecule has 0 spiro atoms. The molecule has 7 nitrogen and oxygen atoms in total. The highest BCUT2D eigenvalue weighted by molar-refractivity contribution is 5.82. The van der Waals surface area contributed by atoms with Gasteiger partial charge in [-0.05, 0) is 12.1 Å². The van der Waals surface area contributed by atoms with Crippen LogP contribution >= 0.6 is 0 Å². The third-order valence-corrected chi connectivity index (χ3v) is 4.64. The van der Waals surface area contributed by atoms with E-state index in [1.807, 2.05) is 6.07 Å². The summed E-state index contributed by atoms with van der Waals surface area (Å²) in [6.07, 6.45) is -4.36.